The largest absolute Gasteiger partial charge is 0.493 e. The molecule has 206 valence electrons. The molecule has 38 heavy (non-hydrogen) atoms. The second-order valence-electron chi connectivity index (χ2n) is 8.93. The van der Waals surface area contributed by atoms with Crippen LogP contribution in [0.2, 0.25) is 0 Å². The summed E-state index contributed by atoms with van der Waals surface area (Å²) in [5.74, 6) is -1.24. The summed E-state index contributed by atoms with van der Waals surface area (Å²) in [4.78, 5) is 25.6. The Kier molecular flexibility index (Phi) is 8.88. The Morgan fingerprint density at radius 2 is 1.53 bits per heavy atom. The number of esters is 1. The number of ether oxygens (including phenoxy) is 5. The number of rotatable bonds is 12. The second kappa shape index (κ2) is 12.3. The third kappa shape index (κ3) is 5.77. The van der Waals surface area contributed by atoms with Crippen LogP contribution in [-0.2, 0) is 40.5 Å². The van der Waals surface area contributed by atoms with Gasteiger partial charge in [-0.05, 0) is 30.2 Å². The van der Waals surface area contributed by atoms with Crippen molar-refractivity contribution in [2.24, 2.45) is 0 Å². The number of amides is 1. The van der Waals surface area contributed by atoms with E-state index in [-0.39, 0.29) is 68.9 Å². The lowest BCUT2D eigenvalue weighted by Crippen LogP contribution is -2.26. The molecule has 0 fully saturated rings. The highest BCUT2D eigenvalue weighted by molar-refractivity contribution is 5.82. The van der Waals surface area contributed by atoms with E-state index in [0.717, 1.165) is 5.56 Å². The van der Waals surface area contributed by atoms with Gasteiger partial charge in [-0.3, -0.25) is 9.59 Å². The molecule has 2 aliphatic heterocycles. The number of hydrogen-bond donors (Lipinski definition) is 1. The monoisotopic (exact) mass is 534 g/mol. The van der Waals surface area contributed by atoms with E-state index < -0.39 is 17.6 Å². The van der Waals surface area contributed by atoms with E-state index in [1.54, 1.807) is 19.1 Å². The highest BCUT2D eigenvalue weighted by atomic mass is 19.1. The molecule has 1 amide bonds. The topological polar surface area (TPSA) is 95.6 Å². The first-order valence-corrected chi connectivity index (χ1v) is 12.5. The van der Waals surface area contributed by atoms with Gasteiger partial charge in [-0.1, -0.05) is 0 Å². The van der Waals surface area contributed by atoms with Crippen molar-refractivity contribution in [2.75, 3.05) is 34.0 Å². The molecule has 0 spiro atoms. The molecule has 1 N–H and O–H groups in total. The third-order valence-electron chi connectivity index (χ3n) is 6.51. The summed E-state index contributed by atoms with van der Waals surface area (Å²) in [6, 6.07) is 3.42. The van der Waals surface area contributed by atoms with Crippen LogP contribution in [0, 0.1) is 11.6 Å². The van der Waals surface area contributed by atoms with E-state index >= 15 is 4.39 Å². The molecule has 0 atom stereocenters. The zero-order chi connectivity index (χ0) is 27.2. The molecule has 0 radical (unpaired) electrons. The molecule has 0 aliphatic carbocycles. The number of hydrogen-bond acceptors (Lipinski definition) is 8. The maximum absolute atomic E-state index is 15.4. The van der Waals surface area contributed by atoms with E-state index in [0.29, 0.717) is 42.0 Å². The van der Waals surface area contributed by atoms with E-state index in [9.17, 15) is 14.0 Å². The number of fused-ring (bicyclic) bond motifs is 2. The fourth-order valence-electron chi connectivity index (χ4n) is 4.59. The first-order chi connectivity index (χ1) is 18.4. The summed E-state index contributed by atoms with van der Waals surface area (Å²) in [5.41, 5.74) is 2.37. The van der Waals surface area contributed by atoms with Crippen LogP contribution in [0.15, 0.2) is 12.1 Å². The summed E-state index contributed by atoms with van der Waals surface area (Å²) < 4.78 is 57.2. The smallest absolute Gasteiger partial charge is 0.306 e. The van der Waals surface area contributed by atoms with Crippen LogP contribution in [0.1, 0.15) is 48.4 Å². The first kappa shape index (κ1) is 27.4. The standard InChI is InChI=1S/C27H32F2N2O7/c1-4-36-23(33)7-6-22(32)31-14-17-11-21(35-3)27(25(29)19(17)15-31)38-9-5-8-37-26-20(34-2)10-16-12-30-13-18(16)24(26)28/h10-11,30H,4-9,12-15H2,1-3H3. The van der Waals surface area contributed by atoms with E-state index in [4.69, 9.17) is 23.7 Å². The van der Waals surface area contributed by atoms with Crippen molar-refractivity contribution in [1.29, 1.82) is 0 Å². The maximum atomic E-state index is 15.4. The SMILES string of the molecule is CCOC(=O)CCC(=O)N1Cc2cc(OC)c(OCCCOc3c(OC)cc4c(c3F)CNC4)c(F)c2C1. The minimum atomic E-state index is -0.597. The zero-order valence-corrected chi connectivity index (χ0v) is 21.8. The third-order valence-corrected chi connectivity index (χ3v) is 6.51. The van der Waals surface area contributed by atoms with Crippen molar-refractivity contribution in [3.05, 3.63) is 46.0 Å². The molecule has 0 saturated heterocycles. The predicted octanol–water partition coefficient (Wildman–Crippen LogP) is 3.62. The Morgan fingerprint density at radius 1 is 0.895 bits per heavy atom. The normalized spacial score (nSPS) is 13.7. The average Bonchev–Trinajstić information content (AvgIpc) is 3.56. The van der Waals surface area contributed by atoms with Gasteiger partial charge in [0.15, 0.2) is 34.6 Å². The van der Waals surface area contributed by atoms with Gasteiger partial charge in [0, 0.05) is 50.1 Å². The number of benzene rings is 2. The van der Waals surface area contributed by atoms with E-state index in [1.165, 1.54) is 19.1 Å². The molecule has 2 aromatic rings. The number of carbonyl (C=O) groups is 2. The Morgan fingerprint density at radius 3 is 2.16 bits per heavy atom. The molecular formula is C27H32F2N2O7. The van der Waals surface area contributed by atoms with Gasteiger partial charge < -0.3 is 33.9 Å². The average molecular weight is 535 g/mol. The fraction of sp³-hybridized carbons (Fsp3) is 0.481. The zero-order valence-electron chi connectivity index (χ0n) is 21.8. The molecular weight excluding hydrogens is 502 g/mol. The fourth-order valence-corrected chi connectivity index (χ4v) is 4.59. The summed E-state index contributed by atoms with van der Waals surface area (Å²) in [6.07, 6.45) is 0.303. The lowest BCUT2D eigenvalue weighted by atomic mass is 10.1. The molecule has 0 unspecified atom stereocenters. The number of nitrogens with one attached hydrogen (secondary N) is 1. The second-order valence-corrected chi connectivity index (χ2v) is 8.93. The number of carbonyl (C=O) groups excluding carboxylic acids is 2. The van der Waals surface area contributed by atoms with Gasteiger partial charge >= 0.3 is 5.97 Å². The maximum Gasteiger partial charge on any atom is 0.306 e. The van der Waals surface area contributed by atoms with Crippen LogP contribution in [-0.4, -0.2) is 50.8 Å². The Balaban J connectivity index is 1.34. The molecule has 0 aromatic heterocycles. The Labute approximate surface area is 219 Å². The highest BCUT2D eigenvalue weighted by Crippen LogP contribution is 2.39. The van der Waals surface area contributed by atoms with Crippen molar-refractivity contribution < 1.29 is 42.1 Å². The van der Waals surface area contributed by atoms with Gasteiger partial charge in [0.1, 0.15) is 0 Å². The molecule has 2 aliphatic rings. The summed E-state index contributed by atoms with van der Waals surface area (Å²) >= 11 is 0. The van der Waals surface area contributed by atoms with Gasteiger partial charge in [-0.25, -0.2) is 8.78 Å². The summed E-state index contributed by atoms with van der Waals surface area (Å²) in [5, 5.41) is 3.10. The van der Waals surface area contributed by atoms with Crippen molar-refractivity contribution >= 4 is 11.9 Å². The van der Waals surface area contributed by atoms with Crippen LogP contribution >= 0.6 is 0 Å². The van der Waals surface area contributed by atoms with Crippen molar-refractivity contribution in [3.8, 4) is 23.0 Å². The summed E-state index contributed by atoms with van der Waals surface area (Å²) in [7, 11) is 2.86. The minimum absolute atomic E-state index is 0.0129. The Bertz CT molecular complexity index is 1200. The van der Waals surface area contributed by atoms with Gasteiger partial charge in [0.25, 0.3) is 0 Å². The molecule has 0 bridgehead atoms. The van der Waals surface area contributed by atoms with Gasteiger partial charge in [-0.2, -0.15) is 0 Å². The Hall–Kier alpha value is -3.60. The molecule has 4 rings (SSSR count). The lowest BCUT2D eigenvalue weighted by molar-refractivity contribution is -0.145. The lowest BCUT2D eigenvalue weighted by Gasteiger charge is -2.16. The van der Waals surface area contributed by atoms with Crippen molar-refractivity contribution in [3.63, 3.8) is 0 Å². The highest BCUT2D eigenvalue weighted by Gasteiger charge is 2.30. The van der Waals surface area contributed by atoms with Crippen molar-refractivity contribution in [2.45, 2.75) is 52.4 Å². The first-order valence-electron chi connectivity index (χ1n) is 12.5. The van der Waals surface area contributed by atoms with E-state index in [1.807, 2.05) is 0 Å². The molecule has 11 heteroatoms. The molecule has 9 nitrogen and oxygen atoms in total. The number of halogens is 2. The minimum Gasteiger partial charge on any atom is -0.493 e. The van der Waals surface area contributed by atoms with Crippen LogP contribution in [0.5, 0.6) is 23.0 Å². The van der Waals surface area contributed by atoms with Crippen LogP contribution in [0.3, 0.4) is 0 Å². The quantitative estimate of drug-likeness (QED) is 0.326. The van der Waals surface area contributed by atoms with Gasteiger partial charge in [0.05, 0.1) is 40.5 Å². The van der Waals surface area contributed by atoms with Crippen LogP contribution in [0.4, 0.5) is 8.78 Å². The van der Waals surface area contributed by atoms with Crippen LogP contribution in [0.25, 0.3) is 0 Å². The number of nitrogens with zero attached hydrogens (tertiary/aromatic N) is 1. The summed E-state index contributed by atoms with van der Waals surface area (Å²) in [6.45, 7) is 3.44. The van der Waals surface area contributed by atoms with Crippen LogP contribution < -0.4 is 24.3 Å². The van der Waals surface area contributed by atoms with E-state index in [2.05, 4.69) is 5.32 Å². The number of methoxy groups -OCH3 is 2. The van der Waals surface area contributed by atoms with Crippen molar-refractivity contribution in [1.82, 2.24) is 10.2 Å². The van der Waals surface area contributed by atoms with Gasteiger partial charge in [0.2, 0.25) is 5.91 Å². The molecule has 0 saturated carbocycles. The molecule has 2 aromatic carbocycles. The predicted molar refractivity (Wildman–Crippen MR) is 132 cm³/mol. The molecule has 2 heterocycles. The van der Waals surface area contributed by atoms with Gasteiger partial charge in [-0.15, -0.1) is 0 Å².